The molecule has 2 heterocycles. The van der Waals surface area contributed by atoms with Crippen LogP contribution in [0.5, 0.6) is 34.5 Å². The van der Waals surface area contributed by atoms with E-state index >= 15 is 4.79 Å². The van der Waals surface area contributed by atoms with Crippen LogP contribution >= 0.6 is 0 Å². The van der Waals surface area contributed by atoms with Crippen LogP contribution in [0.25, 0.3) is 0 Å². The topological polar surface area (TPSA) is 155 Å². The minimum absolute atomic E-state index is 0.000747. The molecule has 6 unspecified atom stereocenters. The number of aliphatic hydroxyl groups excluding tert-OH is 2. The largest absolute Gasteiger partial charge is 0.496 e. The van der Waals surface area contributed by atoms with Crippen molar-refractivity contribution in [2.75, 3.05) is 33.7 Å². The van der Waals surface area contributed by atoms with Gasteiger partial charge in [0.15, 0.2) is 17.8 Å². The van der Waals surface area contributed by atoms with Crippen molar-refractivity contribution < 1.29 is 53.1 Å². The first kappa shape index (κ1) is 49.8. The van der Waals surface area contributed by atoms with Crippen LogP contribution in [0.15, 0.2) is 114 Å². The second-order valence-electron chi connectivity index (χ2n) is 19.6. The predicted molar refractivity (Wildman–Crippen MR) is 269 cm³/mol. The van der Waals surface area contributed by atoms with Gasteiger partial charge in [0.1, 0.15) is 35.6 Å². The Labute approximate surface area is 417 Å². The fourth-order valence-electron chi connectivity index (χ4n) is 11.9. The van der Waals surface area contributed by atoms with Crippen LogP contribution in [-0.4, -0.2) is 78.6 Å². The number of hydrogen-bond acceptors (Lipinski definition) is 12. The van der Waals surface area contributed by atoms with Crippen molar-refractivity contribution in [3.8, 4) is 34.5 Å². The van der Waals surface area contributed by atoms with Gasteiger partial charge in [-0.05, 0) is 115 Å². The highest BCUT2D eigenvalue weighted by Crippen LogP contribution is 2.62. The van der Waals surface area contributed by atoms with Crippen molar-refractivity contribution in [3.05, 3.63) is 131 Å². The minimum Gasteiger partial charge on any atom is -0.496 e. The molecule has 0 spiro atoms. The second-order valence-corrected chi connectivity index (χ2v) is 19.6. The molecule has 6 atom stereocenters. The third-order valence-electron chi connectivity index (χ3n) is 15.2. The lowest BCUT2D eigenvalue weighted by Crippen LogP contribution is -2.70. The van der Waals surface area contributed by atoms with Gasteiger partial charge < -0.3 is 48.4 Å². The average Bonchev–Trinajstić information content (AvgIpc) is 4.11. The van der Waals surface area contributed by atoms with E-state index in [-0.39, 0.29) is 69.8 Å². The number of aldehydes is 1. The van der Waals surface area contributed by atoms with Crippen LogP contribution < -0.4 is 23.7 Å². The fraction of sp³-hybridized carbons (Fsp3) is 0.466. The average molecular weight is 969 g/mol. The maximum absolute atomic E-state index is 15.4. The number of aliphatic hydroxyl groups is 2. The first-order valence-electron chi connectivity index (χ1n) is 25.6. The lowest BCUT2D eigenvalue weighted by molar-refractivity contribution is -0.258. The number of amides is 1. The first-order valence-corrected chi connectivity index (χ1v) is 25.6. The molecule has 376 valence electrons. The van der Waals surface area contributed by atoms with Gasteiger partial charge in [-0.1, -0.05) is 92.2 Å². The molecule has 0 aromatic heterocycles. The number of ether oxygens (including phenoxy) is 6. The Morgan fingerprint density at radius 1 is 0.873 bits per heavy atom. The molecular weight excluding hydrogens is 901 g/mol. The summed E-state index contributed by atoms with van der Waals surface area (Å²) in [6.07, 6.45) is 15.3. The number of carbonyl (C=O) groups excluding carboxylic acids is 2. The molecule has 2 aliphatic heterocycles. The van der Waals surface area contributed by atoms with Crippen LogP contribution in [-0.2, 0) is 27.5 Å². The van der Waals surface area contributed by atoms with Crippen molar-refractivity contribution in [1.29, 1.82) is 0 Å². The van der Waals surface area contributed by atoms with Gasteiger partial charge in [0.05, 0.1) is 30.9 Å². The van der Waals surface area contributed by atoms with Crippen LogP contribution in [0.3, 0.4) is 0 Å². The molecule has 2 N–H and O–H groups in total. The Morgan fingerprint density at radius 2 is 1.63 bits per heavy atom. The highest BCUT2D eigenvalue weighted by molar-refractivity contribution is 6.03. The number of oxime groups is 1. The third-order valence-corrected chi connectivity index (χ3v) is 15.2. The molecule has 1 amide bonds. The number of carbonyl (C=O) groups is 2. The fourth-order valence-corrected chi connectivity index (χ4v) is 11.9. The van der Waals surface area contributed by atoms with Crippen molar-refractivity contribution in [2.45, 2.75) is 114 Å². The monoisotopic (exact) mass is 968 g/mol. The second kappa shape index (κ2) is 23.4. The van der Waals surface area contributed by atoms with Gasteiger partial charge in [-0.15, -0.1) is 6.58 Å². The number of methoxy groups -OCH3 is 1. The number of rotatable bonds is 24. The summed E-state index contributed by atoms with van der Waals surface area (Å²) >= 11 is 0. The van der Waals surface area contributed by atoms with Gasteiger partial charge >= 0.3 is 0 Å². The molecule has 2 fully saturated rings. The van der Waals surface area contributed by atoms with Gasteiger partial charge in [-0.3, -0.25) is 9.59 Å². The zero-order valence-corrected chi connectivity index (χ0v) is 40.9. The summed E-state index contributed by atoms with van der Waals surface area (Å²) in [5.74, 6) is 1.68. The van der Waals surface area contributed by atoms with Gasteiger partial charge in [0.2, 0.25) is 18.5 Å². The summed E-state index contributed by atoms with van der Waals surface area (Å²) in [4.78, 5) is 35.8. The van der Waals surface area contributed by atoms with Crippen LogP contribution in [0.1, 0.15) is 116 Å². The number of unbranched alkanes of at least 4 members (excludes halogenated alkanes) is 2. The Hall–Kier alpha value is -6.15. The number of allylic oxidation sites excluding steroid dienone is 1. The molecule has 13 nitrogen and oxygen atoms in total. The molecule has 13 heteroatoms. The van der Waals surface area contributed by atoms with E-state index in [0.717, 1.165) is 79.2 Å². The van der Waals surface area contributed by atoms with Crippen LogP contribution in [0.2, 0.25) is 0 Å². The van der Waals surface area contributed by atoms with E-state index < -0.39 is 17.7 Å². The number of hydrogen-bond donors (Lipinski definition) is 2. The Morgan fingerprint density at radius 3 is 2.41 bits per heavy atom. The number of nitrogens with zero attached hydrogens (tertiary/aromatic N) is 2. The van der Waals surface area contributed by atoms with Gasteiger partial charge in [-0.25, -0.2) is 0 Å². The molecule has 5 aliphatic rings. The molecule has 3 aliphatic carbocycles. The van der Waals surface area contributed by atoms with Crippen molar-refractivity contribution >= 4 is 17.9 Å². The summed E-state index contributed by atoms with van der Waals surface area (Å²) < 4.78 is 38.4. The standard InChI is InChI=1S/C58H68N2O11/c1-3-29-68-58-54(60(55(64)26-20-39-13-7-8-14-39)35-41-19-23-52-53(30-41)67-38-66-52)34-49(59-69-37-40-15-5-4-6-16-40)47-32-42(17-9-11-27-61)46(18-10-12-28-62)56(57(47)58)48-33-45(22-25-51(48)71-58)70-44-21-24-50(65-2)43(31-44)36-63/h3-6,15-16,19,21-25,30-33,36,39,42,46,54,56-57,61-62H,1,7-14,17-18,20,26-29,34-35,37-38H2,2H3. The van der Waals surface area contributed by atoms with Gasteiger partial charge in [0, 0.05) is 44.1 Å². The lowest BCUT2D eigenvalue weighted by Gasteiger charge is -2.60. The SMILES string of the molecule is C=CCOC12Oc3ccc(Oc4ccc(OC)c(C=O)c4)cc3C3C(CCCCO)C(CCCCO)C=C(C(=NOCc4ccccc4)CC1N(Cc1ccc4c(c1)OCO4)C(=O)CCC1CCCC1)C32. The Bertz CT molecular complexity index is 2540. The first-order chi connectivity index (χ1) is 34.9. The summed E-state index contributed by atoms with van der Waals surface area (Å²) in [6.45, 7) is 5.04. The quantitative estimate of drug-likeness (QED) is 0.0298. The predicted octanol–water partition coefficient (Wildman–Crippen LogP) is 10.9. The summed E-state index contributed by atoms with van der Waals surface area (Å²) in [5, 5.41) is 25.2. The molecule has 4 aromatic carbocycles. The number of fused-ring (bicyclic) bond motifs is 3. The molecule has 0 saturated heterocycles. The molecule has 0 bridgehead atoms. The van der Waals surface area contributed by atoms with E-state index in [1.54, 1.807) is 24.3 Å². The molecule has 9 rings (SSSR count). The number of benzene rings is 4. The van der Waals surface area contributed by atoms with E-state index in [1.165, 1.54) is 20.0 Å². The van der Waals surface area contributed by atoms with E-state index in [2.05, 4.69) is 12.7 Å². The van der Waals surface area contributed by atoms with E-state index in [0.29, 0.717) is 65.2 Å². The van der Waals surface area contributed by atoms with Crippen LogP contribution in [0, 0.1) is 23.7 Å². The van der Waals surface area contributed by atoms with Crippen LogP contribution in [0.4, 0.5) is 0 Å². The maximum atomic E-state index is 15.4. The Kier molecular flexibility index (Phi) is 16.4. The van der Waals surface area contributed by atoms with Crippen molar-refractivity contribution in [2.24, 2.45) is 28.8 Å². The maximum Gasteiger partial charge on any atom is 0.239 e. The smallest absolute Gasteiger partial charge is 0.239 e. The van der Waals surface area contributed by atoms with Gasteiger partial charge in [-0.2, -0.15) is 0 Å². The highest BCUT2D eigenvalue weighted by Gasteiger charge is 2.65. The minimum atomic E-state index is -1.45. The Balaban J connectivity index is 1.23. The van der Waals surface area contributed by atoms with E-state index in [9.17, 15) is 15.0 Å². The van der Waals surface area contributed by atoms with E-state index in [4.69, 9.17) is 38.4 Å². The zero-order chi connectivity index (χ0) is 49.2. The van der Waals surface area contributed by atoms with Crippen molar-refractivity contribution in [3.63, 3.8) is 0 Å². The van der Waals surface area contributed by atoms with Gasteiger partial charge in [0.25, 0.3) is 0 Å². The van der Waals surface area contributed by atoms with E-state index in [1.807, 2.05) is 71.6 Å². The molecule has 71 heavy (non-hydrogen) atoms. The molecule has 4 aromatic rings. The zero-order valence-electron chi connectivity index (χ0n) is 40.9. The normalized spacial score (nSPS) is 23.5. The summed E-state index contributed by atoms with van der Waals surface area (Å²) in [7, 11) is 1.52. The summed E-state index contributed by atoms with van der Waals surface area (Å²) in [5.41, 5.74) is 4.80. The third kappa shape index (κ3) is 11.0. The molecule has 2 saturated carbocycles. The molecule has 0 radical (unpaired) electrons. The highest BCUT2D eigenvalue weighted by atomic mass is 16.7. The van der Waals surface area contributed by atoms with Crippen molar-refractivity contribution in [1.82, 2.24) is 4.90 Å². The molecular formula is C58H68N2O11. The lowest BCUT2D eigenvalue weighted by atomic mass is 9.55. The summed E-state index contributed by atoms with van der Waals surface area (Å²) in [6, 6.07) is 26.1.